The number of hydrogen-bond acceptors (Lipinski definition) is 8. The van der Waals surface area contributed by atoms with Crippen LogP contribution in [0.4, 0.5) is 11.4 Å². The standard InChI is InChI=1S/C12H9N5O7/c18-8(5-24-7-4-2-1-3-6(7)17(22)23)15-16-9-10(19)13-12(21)14-11(9)20/h1-4H,5H2,(H3,13,14,19,20,21). The van der Waals surface area contributed by atoms with Gasteiger partial charge in [-0.15, -0.1) is 10.2 Å². The van der Waals surface area contributed by atoms with Crippen LogP contribution < -0.4 is 16.0 Å². The fraction of sp³-hybridized carbons (Fsp3) is 0.0833. The third kappa shape index (κ3) is 3.88. The van der Waals surface area contributed by atoms with Crippen molar-refractivity contribution in [3.8, 4) is 11.6 Å². The molecule has 1 aromatic carbocycles. The number of benzene rings is 1. The zero-order valence-electron chi connectivity index (χ0n) is 11.8. The Balaban J connectivity index is 2.09. The largest absolute Gasteiger partial charge is 0.493 e. The minimum atomic E-state index is -1.05. The van der Waals surface area contributed by atoms with Crippen LogP contribution in [0.15, 0.2) is 44.1 Å². The summed E-state index contributed by atoms with van der Waals surface area (Å²) in [6.07, 6.45) is 0. The Hall–Kier alpha value is -3.83. The number of hydrogen-bond donors (Lipinski definition) is 3. The van der Waals surface area contributed by atoms with Crippen LogP contribution in [-0.2, 0) is 4.79 Å². The fourth-order valence-electron chi connectivity index (χ4n) is 1.56. The molecule has 2 aromatic rings. The highest BCUT2D eigenvalue weighted by Crippen LogP contribution is 2.25. The molecular weight excluding hydrogens is 326 g/mol. The van der Waals surface area contributed by atoms with E-state index in [9.17, 15) is 29.6 Å². The van der Waals surface area contributed by atoms with Crippen molar-refractivity contribution in [1.29, 1.82) is 0 Å². The normalized spacial score (nSPS) is 10.7. The smallest absolute Gasteiger partial charge is 0.328 e. The first-order chi connectivity index (χ1) is 11.4. The van der Waals surface area contributed by atoms with E-state index in [0.717, 1.165) is 0 Å². The first-order valence-electron chi connectivity index (χ1n) is 6.25. The molecule has 0 aliphatic carbocycles. The fourth-order valence-corrected chi connectivity index (χ4v) is 1.56. The van der Waals surface area contributed by atoms with Crippen molar-refractivity contribution < 1.29 is 19.6 Å². The first kappa shape index (κ1) is 16.5. The van der Waals surface area contributed by atoms with E-state index < -0.39 is 40.3 Å². The number of rotatable bonds is 5. The number of para-hydroxylation sites is 2. The molecule has 2 rings (SSSR count). The Kier molecular flexibility index (Phi) is 4.79. The number of aromatic nitrogens is 2. The molecular formula is C12H9N5O7. The third-order valence-corrected chi connectivity index (χ3v) is 2.57. The number of aromatic amines is 2. The van der Waals surface area contributed by atoms with Crippen molar-refractivity contribution in [2.45, 2.75) is 0 Å². The molecule has 0 fully saturated rings. The van der Waals surface area contributed by atoms with Crippen LogP contribution in [0.5, 0.6) is 11.6 Å². The predicted molar refractivity (Wildman–Crippen MR) is 77.5 cm³/mol. The average molecular weight is 335 g/mol. The maximum atomic E-state index is 11.5. The third-order valence-electron chi connectivity index (χ3n) is 2.57. The van der Waals surface area contributed by atoms with Crippen LogP contribution in [0.3, 0.4) is 0 Å². The molecule has 0 bridgehead atoms. The highest BCUT2D eigenvalue weighted by atomic mass is 16.6. The number of nitrogens with one attached hydrogen (secondary N) is 2. The van der Waals surface area contributed by atoms with E-state index in [2.05, 4.69) is 10.2 Å². The highest BCUT2D eigenvalue weighted by Gasteiger charge is 2.15. The Morgan fingerprint density at radius 1 is 1.29 bits per heavy atom. The van der Waals surface area contributed by atoms with Crippen LogP contribution in [0.1, 0.15) is 0 Å². The molecule has 0 atom stereocenters. The van der Waals surface area contributed by atoms with Crippen LogP contribution in [0.25, 0.3) is 0 Å². The van der Waals surface area contributed by atoms with Crippen molar-refractivity contribution >= 4 is 17.3 Å². The van der Waals surface area contributed by atoms with Gasteiger partial charge in [-0.2, -0.15) is 0 Å². The minimum absolute atomic E-state index is 0.143. The lowest BCUT2D eigenvalue weighted by Gasteiger charge is -2.03. The summed E-state index contributed by atoms with van der Waals surface area (Å²) in [5.74, 6) is -1.98. The average Bonchev–Trinajstić information content (AvgIpc) is 2.52. The van der Waals surface area contributed by atoms with Gasteiger partial charge in [0.15, 0.2) is 12.4 Å². The van der Waals surface area contributed by atoms with Gasteiger partial charge in [-0.05, 0) is 6.07 Å². The minimum Gasteiger partial charge on any atom is -0.493 e. The van der Waals surface area contributed by atoms with E-state index in [1.807, 2.05) is 4.98 Å². The summed E-state index contributed by atoms with van der Waals surface area (Å²) in [4.78, 5) is 47.5. The zero-order chi connectivity index (χ0) is 17.7. The van der Waals surface area contributed by atoms with Crippen LogP contribution in [-0.4, -0.2) is 32.5 Å². The van der Waals surface area contributed by atoms with Crippen LogP contribution >= 0.6 is 0 Å². The summed E-state index contributed by atoms with van der Waals surface area (Å²) in [6.45, 7) is -0.684. The van der Waals surface area contributed by atoms with Crippen molar-refractivity contribution in [3.05, 3.63) is 55.2 Å². The summed E-state index contributed by atoms with van der Waals surface area (Å²) >= 11 is 0. The summed E-state index contributed by atoms with van der Waals surface area (Å²) in [7, 11) is 0. The lowest BCUT2D eigenvalue weighted by molar-refractivity contribution is -0.385. The molecule has 24 heavy (non-hydrogen) atoms. The number of ether oxygens (including phenoxy) is 1. The molecule has 0 saturated heterocycles. The maximum Gasteiger partial charge on any atom is 0.328 e. The van der Waals surface area contributed by atoms with Gasteiger partial charge in [0, 0.05) is 6.07 Å². The molecule has 0 aliphatic heterocycles. The molecule has 3 N–H and O–H groups in total. The van der Waals surface area contributed by atoms with Gasteiger partial charge in [-0.3, -0.25) is 29.7 Å². The van der Waals surface area contributed by atoms with Gasteiger partial charge in [0.2, 0.25) is 11.6 Å². The summed E-state index contributed by atoms with van der Waals surface area (Å²) in [6, 6.07) is 5.39. The SMILES string of the molecule is O=C(COc1ccccc1[N+](=O)[O-])N=Nc1c(O)[nH]c(=O)[nH]c1=O. The van der Waals surface area contributed by atoms with E-state index in [0.29, 0.717) is 0 Å². The summed E-state index contributed by atoms with van der Waals surface area (Å²) < 4.78 is 4.98. The number of azo groups is 1. The monoisotopic (exact) mass is 335 g/mol. The van der Waals surface area contributed by atoms with Gasteiger partial charge in [0.1, 0.15) is 0 Å². The Morgan fingerprint density at radius 3 is 2.67 bits per heavy atom. The van der Waals surface area contributed by atoms with E-state index in [-0.39, 0.29) is 11.4 Å². The number of carbonyl (C=O) groups is 1. The number of H-pyrrole nitrogens is 2. The lowest BCUT2D eigenvalue weighted by atomic mass is 10.3. The number of nitrogens with zero attached hydrogens (tertiary/aromatic N) is 3. The van der Waals surface area contributed by atoms with Gasteiger partial charge in [0.05, 0.1) is 4.92 Å². The van der Waals surface area contributed by atoms with Gasteiger partial charge < -0.3 is 9.84 Å². The van der Waals surface area contributed by atoms with Gasteiger partial charge in [-0.1, -0.05) is 12.1 Å². The Bertz CT molecular complexity index is 930. The number of amides is 1. The summed E-state index contributed by atoms with van der Waals surface area (Å²) in [5.41, 5.74) is -3.01. The second-order valence-corrected chi connectivity index (χ2v) is 4.21. The van der Waals surface area contributed by atoms with Crippen LogP contribution in [0.2, 0.25) is 0 Å². The molecule has 1 heterocycles. The quantitative estimate of drug-likeness (QED) is 0.400. The molecule has 0 aliphatic rings. The van der Waals surface area contributed by atoms with E-state index in [1.54, 1.807) is 4.98 Å². The van der Waals surface area contributed by atoms with Crippen molar-refractivity contribution in [2.75, 3.05) is 6.61 Å². The number of aromatic hydroxyl groups is 1. The number of nitro benzene ring substituents is 1. The van der Waals surface area contributed by atoms with E-state index in [4.69, 9.17) is 4.74 Å². The van der Waals surface area contributed by atoms with Crippen molar-refractivity contribution in [1.82, 2.24) is 9.97 Å². The molecule has 1 aromatic heterocycles. The maximum absolute atomic E-state index is 11.5. The molecule has 12 nitrogen and oxygen atoms in total. The molecule has 0 radical (unpaired) electrons. The number of carbonyl (C=O) groups excluding carboxylic acids is 1. The second kappa shape index (κ2) is 6.95. The molecule has 0 unspecified atom stereocenters. The molecule has 12 heteroatoms. The van der Waals surface area contributed by atoms with Crippen LogP contribution in [0, 0.1) is 10.1 Å². The van der Waals surface area contributed by atoms with Crippen molar-refractivity contribution in [2.24, 2.45) is 10.2 Å². The second-order valence-electron chi connectivity index (χ2n) is 4.21. The van der Waals surface area contributed by atoms with Crippen molar-refractivity contribution in [3.63, 3.8) is 0 Å². The van der Waals surface area contributed by atoms with Gasteiger partial charge in [-0.25, -0.2) is 4.79 Å². The summed E-state index contributed by atoms with van der Waals surface area (Å²) in [5, 5.41) is 26.5. The lowest BCUT2D eigenvalue weighted by Crippen LogP contribution is -2.21. The van der Waals surface area contributed by atoms with E-state index >= 15 is 0 Å². The molecule has 0 saturated carbocycles. The molecule has 124 valence electrons. The first-order valence-corrected chi connectivity index (χ1v) is 6.25. The Labute approximate surface area is 131 Å². The molecule has 0 spiro atoms. The predicted octanol–water partition coefficient (Wildman–Crippen LogP) is 0.366. The van der Waals surface area contributed by atoms with Gasteiger partial charge >= 0.3 is 17.3 Å². The zero-order valence-corrected chi connectivity index (χ0v) is 11.8. The highest BCUT2D eigenvalue weighted by molar-refractivity contribution is 5.78. The van der Waals surface area contributed by atoms with Gasteiger partial charge in [0.25, 0.3) is 5.56 Å². The Morgan fingerprint density at radius 2 is 2.00 bits per heavy atom. The molecule has 1 amide bonds. The number of nitro groups is 1. The topological polar surface area (TPSA) is 180 Å². The van der Waals surface area contributed by atoms with E-state index in [1.165, 1.54) is 24.3 Å².